The molecule has 1 N–H and O–H groups in total. The first-order valence-corrected chi connectivity index (χ1v) is 12.9. The van der Waals surface area contributed by atoms with E-state index < -0.39 is 28.4 Å². The first-order chi connectivity index (χ1) is 17.6. The molecule has 37 heavy (non-hydrogen) atoms. The van der Waals surface area contributed by atoms with E-state index in [4.69, 9.17) is 14.2 Å². The normalized spacial score (nSPS) is 10.9. The van der Waals surface area contributed by atoms with Crippen molar-refractivity contribution in [3.8, 4) is 11.5 Å². The third-order valence-corrected chi connectivity index (χ3v) is 7.17. The maximum atomic E-state index is 13.8. The highest BCUT2D eigenvalue weighted by atomic mass is 32.2. The number of sulfonamides is 1. The molecular formula is C27H30N2O7S. The lowest BCUT2D eigenvalue weighted by atomic mass is 10.1. The molecule has 0 aliphatic heterocycles. The van der Waals surface area contributed by atoms with E-state index in [0.717, 1.165) is 15.4 Å². The van der Waals surface area contributed by atoms with Crippen LogP contribution in [0.2, 0.25) is 0 Å². The molecule has 0 bridgehead atoms. The Balaban J connectivity index is 1.94. The van der Waals surface area contributed by atoms with Gasteiger partial charge < -0.3 is 19.5 Å². The number of rotatable bonds is 10. The van der Waals surface area contributed by atoms with Gasteiger partial charge in [0.1, 0.15) is 6.54 Å². The first kappa shape index (κ1) is 27.5. The summed E-state index contributed by atoms with van der Waals surface area (Å²) >= 11 is 0. The average Bonchev–Trinajstić information content (AvgIpc) is 2.86. The summed E-state index contributed by atoms with van der Waals surface area (Å²) in [5.74, 6) is -0.409. The number of nitrogens with zero attached hydrogens (tertiary/aromatic N) is 1. The van der Waals surface area contributed by atoms with Gasteiger partial charge in [-0.25, -0.2) is 13.2 Å². The van der Waals surface area contributed by atoms with Crippen LogP contribution in [0.15, 0.2) is 65.6 Å². The molecule has 0 heterocycles. The summed E-state index contributed by atoms with van der Waals surface area (Å²) in [6.45, 7) is 5.18. The summed E-state index contributed by atoms with van der Waals surface area (Å²) in [6, 6.07) is 15.7. The molecule has 0 atom stereocenters. The summed E-state index contributed by atoms with van der Waals surface area (Å²) in [6.07, 6.45) is 0. The largest absolute Gasteiger partial charge is 0.493 e. The van der Waals surface area contributed by atoms with Crippen molar-refractivity contribution < 1.29 is 32.2 Å². The SMILES string of the molecule is CCOC(=O)c1ccc(NC(=O)CN(c2cc(C)cc(C)c2)S(=O)(=O)c2ccc(OC)c(OC)c2)cc1. The number of hydrogen-bond acceptors (Lipinski definition) is 7. The molecule has 10 heteroatoms. The number of methoxy groups -OCH3 is 2. The number of hydrogen-bond donors (Lipinski definition) is 1. The lowest BCUT2D eigenvalue weighted by molar-refractivity contribution is -0.114. The monoisotopic (exact) mass is 526 g/mol. The van der Waals surface area contributed by atoms with Gasteiger partial charge in [-0.2, -0.15) is 0 Å². The Morgan fingerprint density at radius 1 is 0.865 bits per heavy atom. The van der Waals surface area contributed by atoms with Crippen molar-refractivity contribution in [3.05, 3.63) is 77.4 Å². The van der Waals surface area contributed by atoms with Crippen molar-refractivity contribution in [2.75, 3.05) is 37.0 Å². The zero-order valence-corrected chi connectivity index (χ0v) is 22.2. The van der Waals surface area contributed by atoms with Crippen molar-refractivity contribution in [1.29, 1.82) is 0 Å². The van der Waals surface area contributed by atoms with Gasteiger partial charge in [0, 0.05) is 11.8 Å². The van der Waals surface area contributed by atoms with Crippen LogP contribution >= 0.6 is 0 Å². The van der Waals surface area contributed by atoms with Crippen molar-refractivity contribution in [3.63, 3.8) is 0 Å². The highest BCUT2D eigenvalue weighted by Gasteiger charge is 2.29. The molecule has 0 spiro atoms. The van der Waals surface area contributed by atoms with Crippen LogP contribution in [0.3, 0.4) is 0 Å². The van der Waals surface area contributed by atoms with E-state index in [9.17, 15) is 18.0 Å². The van der Waals surface area contributed by atoms with Crippen molar-refractivity contribution in [1.82, 2.24) is 0 Å². The predicted molar refractivity (Wildman–Crippen MR) is 141 cm³/mol. The maximum absolute atomic E-state index is 13.8. The van der Waals surface area contributed by atoms with Crippen LogP contribution in [0.4, 0.5) is 11.4 Å². The second kappa shape index (κ2) is 11.8. The number of amides is 1. The number of benzene rings is 3. The van der Waals surface area contributed by atoms with Gasteiger partial charge in [0.15, 0.2) is 11.5 Å². The summed E-state index contributed by atoms with van der Waals surface area (Å²) < 4.78 is 44.1. The van der Waals surface area contributed by atoms with Crippen LogP contribution in [-0.4, -0.2) is 47.7 Å². The van der Waals surface area contributed by atoms with E-state index in [2.05, 4.69) is 5.32 Å². The number of esters is 1. The highest BCUT2D eigenvalue weighted by molar-refractivity contribution is 7.92. The molecule has 0 saturated heterocycles. The van der Waals surface area contributed by atoms with E-state index >= 15 is 0 Å². The summed E-state index contributed by atoms with van der Waals surface area (Å²) in [5.41, 5.74) is 2.78. The molecule has 0 aromatic heterocycles. The van der Waals surface area contributed by atoms with Gasteiger partial charge in [0.2, 0.25) is 5.91 Å². The quantitative estimate of drug-likeness (QED) is 0.392. The van der Waals surface area contributed by atoms with E-state index in [1.165, 1.54) is 44.6 Å². The van der Waals surface area contributed by atoms with Gasteiger partial charge in [0.25, 0.3) is 10.0 Å². The molecule has 1 amide bonds. The van der Waals surface area contributed by atoms with Gasteiger partial charge in [0.05, 0.1) is 37.0 Å². The summed E-state index contributed by atoms with van der Waals surface area (Å²) in [5, 5.41) is 2.69. The van der Waals surface area contributed by atoms with Gasteiger partial charge in [-0.15, -0.1) is 0 Å². The van der Waals surface area contributed by atoms with E-state index in [1.54, 1.807) is 31.2 Å². The number of ether oxygens (including phenoxy) is 3. The standard InChI is InChI=1S/C27H30N2O7S/c1-6-36-27(31)20-7-9-21(10-8-20)28-26(30)17-29(22-14-18(2)13-19(3)15-22)37(32,33)23-11-12-24(34-4)25(16-23)35-5/h7-16H,6,17H2,1-5H3,(H,28,30). The average molecular weight is 527 g/mol. The smallest absolute Gasteiger partial charge is 0.338 e. The Hall–Kier alpha value is -4.05. The fourth-order valence-corrected chi connectivity index (χ4v) is 5.17. The van der Waals surface area contributed by atoms with Gasteiger partial charge in [-0.05, 0) is 80.4 Å². The number of anilines is 2. The zero-order chi connectivity index (χ0) is 27.2. The fourth-order valence-electron chi connectivity index (χ4n) is 3.75. The van der Waals surface area contributed by atoms with E-state index in [-0.39, 0.29) is 17.3 Å². The second-order valence-corrected chi connectivity index (χ2v) is 10.1. The molecule has 0 saturated carbocycles. The molecule has 0 unspecified atom stereocenters. The van der Waals surface area contributed by atoms with Crippen LogP contribution in [-0.2, 0) is 19.6 Å². The number of carbonyl (C=O) groups is 2. The molecule has 0 aliphatic carbocycles. The molecule has 3 rings (SSSR count). The first-order valence-electron chi connectivity index (χ1n) is 11.5. The molecule has 3 aromatic rings. The minimum Gasteiger partial charge on any atom is -0.493 e. The Labute approximate surface area is 217 Å². The van der Waals surface area contributed by atoms with Crippen molar-refractivity contribution in [2.45, 2.75) is 25.7 Å². The molecule has 0 radical (unpaired) electrons. The Morgan fingerprint density at radius 3 is 2.05 bits per heavy atom. The Morgan fingerprint density at radius 2 is 1.49 bits per heavy atom. The predicted octanol–water partition coefficient (Wildman–Crippen LogP) is 4.33. The third kappa shape index (κ3) is 6.59. The van der Waals surface area contributed by atoms with Crippen LogP contribution in [0.5, 0.6) is 11.5 Å². The van der Waals surface area contributed by atoms with Crippen molar-refractivity contribution in [2.24, 2.45) is 0 Å². The Kier molecular flexibility index (Phi) is 8.77. The van der Waals surface area contributed by atoms with Gasteiger partial charge >= 0.3 is 5.97 Å². The molecule has 0 fully saturated rings. The van der Waals surface area contributed by atoms with E-state index in [0.29, 0.717) is 22.7 Å². The van der Waals surface area contributed by atoms with Crippen LogP contribution in [0.1, 0.15) is 28.4 Å². The summed E-state index contributed by atoms with van der Waals surface area (Å²) in [7, 11) is -1.31. The number of carbonyl (C=O) groups excluding carboxylic acids is 2. The zero-order valence-electron chi connectivity index (χ0n) is 21.4. The molecule has 9 nitrogen and oxygen atoms in total. The number of aryl methyl sites for hydroxylation is 2. The second-order valence-electron chi connectivity index (χ2n) is 8.22. The maximum Gasteiger partial charge on any atom is 0.338 e. The van der Waals surface area contributed by atoms with E-state index in [1.807, 2.05) is 19.9 Å². The molecular weight excluding hydrogens is 496 g/mol. The minimum absolute atomic E-state index is 0.0594. The molecule has 3 aromatic carbocycles. The highest BCUT2D eigenvalue weighted by Crippen LogP contribution is 2.32. The molecule has 196 valence electrons. The Bertz CT molecular complexity index is 1370. The number of nitrogens with one attached hydrogen (secondary N) is 1. The van der Waals surface area contributed by atoms with Crippen LogP contribution in [0.25, 0.3) is 0 Å². The third-order valence-electron chi connectivity index (χ3n) is 5.40. The van der Waals surface area contributed by atoms with Gasteiger partial charge in [-0.1, -0.05) is 6.07 Å². The minimum atomic E-state index is -4.18. The molecule has 0 aliphatic rings. The van der Waals surface area contributed by atoms with Crippen molar-refractivity contribution >= 4 is 33.3 Å². The van der Waals surface area contributed by atoms with Crippen LogP contribution < -0.4 is 19.1 Å². The van der Waals surface area contributed by atoms with Crippen LogP contribution in [0, 0.1) is 13.8 Å². The fraction of sp³-hybridized carbons (Fsp3) is 0.259. The van der Waals surface area contributed by atoms with Gasteiger partial charge in [-0.3, -0.25) is 9.10 Å². The summed E-state index contributed by atoms with van der Waals surface area (Å²) in [4.78, 5) is 24.8. The lowest BCUT2D eigenvalue weighted by Gasteiger charge is -2.25. The topological polar surface area (TPSA) is 111 Å². The lowest BCUT2D eigenvalue weighted by Crippen LogP contribution is -2.38.